The number of nitrogens with zero attached hydrogens (tertiary/aromatic N) is 2. The molecule has 28 heavy (non-hydrogen) atoms. The molecule has 1 saturated heterocycles. The van der Waals surface area contributed by atoms with Crippen LogP contribution in [0.3, 0.4) is 0 Å². The summed E-state index contributed by atoms with van der Waals surface area (Å²) in [6.07, 6.45) is 14.1. The summed E-state index contributed by atoms with van der Waals surface area (Å²) in [6.45, 7) is 6.74. The fourth-order valence-corrected chi connectivity index (χ4v) is 6.68. The lowest BCUT2D eigenvalue weighted by molar-refractivity contribution is -0.119. The van der Waals surface area contributed by atoms with E-state index >= 15 is 0 Å². The third kappa shape index (κ3) is 4.14. The van der Waals surface area contributed by atoms with Gasteiger partial charge in [-0.1, -0.05) is 38.5 Å². The van der Waals surface area contributed by atoms with Gasteiger partial charge in [-0.05, 0) is 58.2 Å². The van der Waals surface area contributed by atoms with E-state index in [1.807, 2.05) is 0 Å². The fourth-order valence-electron chi connectivity index (χ4n) is 6.68. The van der Waals surface area contributed by atoms with Crippen molar-refractivity contribution in [2.75, 3.05) is 45.8 Å². The first-order chi connectivity index (χ1) is 13.5. The van der Waals surface area contributed by atoms with E-state index in [4.69, 9.17) is 22.9 Å². The van der Waals surface area contributed by atoms with Gasteiger partial charge in [0.15, 0.2) is 0 Å². The number of hydrogen-bond acceptors (Lipinski definition) is 6. The average molecular weight is 395 g/mol. The third-order valence-corrected chi connectivity index (χ3v) is 8.13. The van der Waals surface area contributed by atoms with Crippen LogP contribution >= 0.6 is 0 Å². The van der Waals surface area contributed by atoms with Crippen LogP contribution in [-0.4, -0.2) is 72.2 Å². The summed E-state index contributed by atoms with van der Waals surface area (Å²) in [4.78, 5) is 5.34. The second-order valence-corrected chi connectivity index (χ2v) is 9.84. The van der Waals surface area contributed by atoms with Gasteiger partial charge in [-0.15, -0.1) is 0 Å². The van der Waals surface area contributed by atoms with E-state index in [9.17, 15) is 0 Å². The van der Waals surface area contributed by atoms with E-state index in [-0.39, 0.29) is 16.6 Å². The summed E-state index contributed by atoms with van der Waals surface area (Å²) in [7, 11) is 0. The monoisotopic (exact) mass is 394 g/mol. The van der Waals surface area contributed by atoms with Crippen LogP contribution < -0.4 is 22.9 Å². The summed E-state index contributed by atoms with van der Waals surface area (Å²) in [5, 5.41) is 0. The molecule has 8 N–H and O–H groups in total. The minimum Gasteiger partial charge on any atom is -0.330 e. The minimum atomic E-state index is -0.201. The molecule has 1 heterocycles. The summed E-state index contributed by atoms with van der Waals surface area (Å²) >= 11 is 0. The van der Waals surface area contributed by atoms with Gasteiger partial charge in [0.25, 0.3) is 0 Å². The van der Waals surface area contributed by atoms with Crippen molar-refractivity contribution in [3.8, 4) is 0 Å². The van der Waals surface area contributed by atoms with Crippen molar-refractivity contribution in [3.63, 3.8) is 0 Å². The molecule has 0 aromatic carbocycles. The number of piperazine rings is 1. The first-order valence-corrected chi connectivity index (χ1v) is 12.0. The Morgan fingerprint density at radius 1 is 0.643 bits per heavy atom. The van der Waals surface area contributed by atoms with Gasteiger partial charge in [0, 0.05) is 37.3 Å². The Morgan fingerprint density at radius 2 is 1.14 bits per heavy atom. The summed E-state index contributed by atoms with van der Waals surface area (Å²) in [5.74, 6) is 0. The van der Waals surface area contributed by atoms with Crippen molar-refractivity contribution in [2.45, 2.75) is 93.7 Å². The summed E-state index contributed by atoms with van der Waals surface area (Å²) < 4.78 is 0. The number of nitrogens with two attached hydrogens (primary N) is 4. The Balaban J connectivity index is 2.01. The Hall–Kier alpha value is -0.240. The minimum absolute atomic E-state index is 0.150. The molecule has 0 aromatic heterocycles. The molecule has 0 amide bonds. The lowest BCUT2D eigenvalue weighted by Crippen LogP contribution is -2.86. The van der Waals surface area contributed by atoms with Crippen molar-refractivity contribution in [1.29, 1.82) is 0 Å². The lowest BCUT2D eigenvalue weighted by atomic mass is 9.54. The zero-order valence-corrected chi connectivity index (χ0v) is 18.1. The molecule has 0 atom stereocenters. The molecule has 3 aliphatic rings. The molecule has 6 heteroatoms. The van der Waals surface area contributed by atoms with Gasteiger partial charge < -0.3 is 27.8 Å². The Kier molecular flexibility index (Phi) is 7.79. The van der Waals surface area contributed by atoms with Crippen LogP contribution in [0.1, 0.15) is 77.0 Å². The van der Waals surface area contributed by atoms with Crippen LogP contribution in [0.5, 0.6) is 0 Å². The van der Waals surface area contributed by atoms with Gasteiger partial charge in [-0.3, -0.25) is 4.90 Å². The molecule has 0 aromatic rings. The maximum Gasteiger partial charge on any atom is 0.0697 e. The maximum atomic E-state index is 7.43. The maximum absolute atomic E-state index is 7.43. The largest absolute Gasteiger partial charge is 0.330 e. The SMILES string of the molecule is NCCCN1CCN(CCCN)C(C2(N)CCCCC2)(C2(N)CCCCC2)C1. The van der Waals surface area contributed by atoms with Crippen LogP contribution in [0.25, 0.3) is 0 Å². The van der Waals surface area contributed by atoms with Crippen molar-refractivity contribution in [3.05, 3.63) is 0 Å². The molecule has 0 radical (unpaired) electrons. The van der Waals surface area contributed by atoms with Gasteiger partial charge >= 0.3 is 0 Å². The Morgan fingerprint density at radius 3 is 1.64 bits per heavy atom. The molecule has 2 saturated carbocycles. The molecule has 1 aliphatic heterocycles. The lowest BCUT2D eigenvalue weighted by Gasteiger charge is -2.67. The van der Waals surface area contributed by atoms with E-state index in [0.717, 1.165) is 84.3 Å². The number of rotatable bonds is 8. The second-order valence-electron chi connectivity index (χ2n) is 9.84. The van der Waals surface area contributed by atoms with Gasteiger partial charge in [-0.2, -0.15) is 0 Å². The fraction of sp³-hybridized carbons (Fsp3) is 1.00. The predicted molar refractivity (Wildman–Crippen MR) is 118 cm³/mol. The highest BCUT2D eigenvalue weighted by Gasteiger charge is 2.63. The van der Waals surface area contributed by atoms with E-state index in [1.165, 1.54) is 38.5 Å². The smallest absolute Gasteiger partial charge is 0.0697 e. The molecule has 0 spiro atoms. The van der Waals surface area contributed by atoms with E-state index < -0.39 is 0 Å². The highest BCUT2D eigenvalue weighted by molar-refractivity contribution is 5.25. The first kappa shape index (κ1) is 22.4. The van der Waals surface area contributed by atoms with Crippen LogP contribution in [0.4, 0.5) is 0 Å². The molecule has 6 nitrogen and oxygen atoms in total. The summed E-state index contributed by atoms with van der Waals surface area (Å²) in [6, 6.07) is 0. The second kappa shape index (κ2) is 9.71. The normalized spacial score (nSPS) is 28.3. The molecular weight excluding hydrogens is 348 g/mol. The zero-order valence-electron chi connectivity index (χ0n) is 18.1. The Labute approximate surface area is 172 Å². The first-order valence-electron chi connectivity index (χ1n) is 12.0. The van der Waals surface area contributed by atoms with Crippen molar-refractivity contribution in [2.24, 2.45) is 22.9 Å². The molecule has 0 unspecified atom stereocenters. The van der Waals surface area contributed by atoms with Gasteiger partial charge in [-0.25, -0.2) is 0 Å². The van der Waals surface area contributed by atoms with E-state index in [0.29, 0.717) is 0 Å². The van der Waals surface area contributed by atoms with Crippen molar-refractivity contribution in [1.82, 2.24) is 9.80 Å². The van der Waals surface area contributed by atoms with Crippen LogP contribution in [0.2, 0.25) is 0 Å². The summed E-state index contributed by atoms with van der Waals surface area (Å²) in [5.41, 5.74) is 26.1. The van der Waals surface area contributed by atoms with Crippen molar-refractivity contribution < 1.29 is 0 Å². The van der Waals surface area contributed by atoms with Crippen LogP contribution in [0.15, 0.2) is 0 Å². The van der Waals surface area contributed by atoms with Gasteiger partial charge in [0.05, 0.1) is 5.54 Å². The quantitative estimate of drug-likeness (QED) is 0.495. The van der Waals surface area contributed by atoms with E-state index in [1.54, 1.807) is 0 Å². The number of hydrogen-bond donors (Lipinski definition) is 4. The van der Waals surface area contributed by atoms with Gasteiger partial charge in [0.2, 0.25) is 0 Å². The molecule has 2 aliphatic carbocycles. The standard InChI is InChI=1S/C22H46N6/c23-13-7-15-27-17-18-28(16-8-14-24)22(19-27,20(25)9-3-1-4-10-20)21(26)11-5-2-6-12-21/h1-19,23-26H2. The highest BCUT2D eigenvalue weighted by atomic mass is 15.4. The Bertz CT molecular complexity index is 446. The highest BCUT2D eigenvalue weighted by Crippen LogP contribution is 2.50. The topological polar surface area (TPSA) is 111 Å². The molecular formula is C22H46N6. The zero-order chi connectivity index (χ0) is 20.1. The molecule has 3 rings (SSSR count). The molecule has 0 bridgehead atoms. The van der Waals surface area contributed by atoms with Crippen molar-refractivity contribution >= 4 is 0 Å². The predicted octanol–water partition coefficient (Wildman–Crippen LogP) is 1.36. The van der Waals surface area contributed by atoms with Crippen LogP contribution in [0, 0.1) is 0 Å². The average Bonchev–Trinajstić information content (AvgIpc) is 2.71. The third-order valence-electron chi connectivity index (χ3n) is 8.13. The van der Waals surface area contributed by atoms with E-state index in [2.05, 4.69) is 9.80 Å². The molecule has 164 valence electrons. The van der Waals surface area contributed by atoms with Crippen LogP contribution in [-0.2, 0) is 0 Å². The molecule has 3 fully saturated rings. The van der Waals surface area contributed by atoms with Gasteiger partial charge in [0.1, 0.15) is 0 Å².